The Balaban J connectivity index is 0.0000101. The van der Waals surface area contributed by atoms with Gasteiger partial charge in [-0.15, -0.1) is 29.7 Å². The third-order valence-electron chi connectivity index (χ3n) is 19.0. The summed E-state index contributed by atoms with van der Waals surface area (Å²) in [7, 11) is -6.31. The number of aromatic nitrogens is 5. The zero-order valence-electron chi connectivity index (χ0n) is 73.9. The van der Waals surface area contributed by atoms with E-state index in [-0.39, 0.29) is 37.8 Å². The molecule has 0 unspecified atom stereocenters. The standard InChI is InChI=1S/C92H69N5OSi.Pt/c1-91(2,3)63-50-51-93-88(57-63)97-84-47-25-22-44-78(84)79-49-48-67(59-85(79)97)98-66-30-27-29-65(58-66)94-60-95-89-80(53-62(54-86(89)94)61-28-26-37-71(52-61)99(68-31-10-7-11-32-68,69-33-12-8-13-34-69)70-35-14-9-15-36-70)74-40-18-16-38-72(74)73-39-17-19-41-75(73)81-55-64(92(4,5)6)56-87(90(81)95)96-82-45-23-20-42-76(82)77-43-21-24-46-83(77)96;/h7-57H,1-6H3;/q-2;/i7D,8D,9D,10D,11D,12D,13D,14D,15D,26D,28D,31D,32D,33D,34D,35D,36D,37D,52D;. The smallest absolute Gasteiger partial charge is 0.268 e. The Hall–Kier alpha value is -11.2. The molecule has 4 aromatic heterocycles. The first-order valence-corrected chi connectivity index (χ1v) is 34.6. The van der Waals surface area contributed by atoms with Crippen LogP contribution in [0.25, 0.3) is 122 Å². The second-order valence-electron chi connectivity index (χ2n) is 26.9. The molecular weight excluding hydrogens is 1410 g/mol. The van der Waals surface area contributed by atoms with Crippen LogP contribution in [-0.2, 0) is 31.9 Å². The number of rotatable bonds is 10. The van der Waals surface area contributed by atoms with Crippen molar-refractivity contribution in [2.45, 2.75) is 52.4 Å². The van der Waals surface area contributed by atoms with Gasteiger partial charge in [0.1, 0.15) is 5.82 Å². The molecule has 484 valence electrons. The molecule has 0 N–H and O–H groups in total. The number of hydrogen-bond donors (Lipinski definition) is 0. The van der Waals surface area contributed by atoms with Crippen molar-refractivity contribution in [3.8, 4) is 78.9 Å². The summed E-state index contributed by atoms with van der Waals surface area (Å²) < 4.78 is 200. The van der Waals surface area contributed by atoms with E-state index in [0.29, 0.717) is 56.2 Å². The largest absolute Gasteiger partial charge is 0.510 e. The van der Waals surface area contributed by atoms with E-state index in [4.69, 9.17) is 13.8 Å². The van der Waals surface area contributed by atoms with Crippen molar-refractivity contribution in [3.63, 3.8) is 0 Å². The molecule has 13 aromatic carbocycles. The predicted molar refractivity (Wildman–Crippen MR) is 411 cm³/mol. The van der Waals surface area contributed by atoms with Gasteiger partial charge in [-0.2, -0.15) is 18.2 Å². The van der Waals surface area contributed by atoms with Gasteiger partial charge in [-0.3, -0.25) is 4.57 Å². The van der Waals surface area contributed by atoms with Gasteiger partial charge in [0.15, 0.2) is 8.07 Å². The monoisotopic (exact) mass is 1500 g/mol. The van der Waals surface area contributed by atoms with Crippen LogP contribution in [0.1, 0.15) is 78.7 Å². The molecule has 0 fully saturated rings. The molecule has 1 aliphatic heterocycles. The van der Waals surface area contributed by atoms with Crippen LogP contribution in [0, 0.1) is 18.5 Å². The molecule has 0 amide bonds. The second-order valence-corrected chi connectivity index (χ2v) is 30.4. The molecule has 0 saturated carbocycles. The molecule has 0 atom stereocenters. The van der Waals surface area contributed by atoms with Crippen molar-refractivity contribution >= 4 is 83.5 Å². The second kappa shape index (κ2) is 24.3. The van der Waals surface area contributed by atoms with Gasteiger partial charge in [-0.1, -0.05) is 277 Å². The van der Waals surface area contributed by atoms with Crippen molar-refractivity contribution in [2.24, 2.45) is 0 Å². The Kier molecular flexibility index (Phi) is 10.9. The SMILES string of the molecule is [2H]c1c([2H])c([2H])c([Si](c2c([2H])c([2H])c([2H])c([2H])c2[2H])(c2c([2H])c([2H])c([2H])c([2H])c2[2H])c2c([2H])c([2H])c([2H])c(-c3cc4c5c(c3)n(-c3[c-]c(Oc6[c-]c7c(cc6)c6ccccc6n7-c6cc(C(C)(C)C)ccn6)ccc3)[c-][n+]5-c3c(cc(C(C)(C)C)cc3-n3c5ccccc5c5ccccc53)-c3ccccc3-c3ccccc3-4)c2[2H])c([2H])c1[2H].[Pt]. The number of para-hydroxylation sites is 3. The van der Waals surface area contributed by atoms with E-state index in [0.717, 1.165) is 71.6 Å². The topological polar surface area (TPSA) is 40.8 Å². The van der Waals surface area contributed by atoms with Crippen molar-refractivity contribution in [1.82, 2.24) is 18.7 Å². The van der Waals surface area contributed by atoms with E-state index >= 15 is 0 Å². The van der Waals surface area contributed by atoms with E-state index in [1.165, 1.54) is 0 Å². The summed E-state index contributed by atoms with van der Waals surface area (Å²) in [4.78, 5) is 4.91. The average Bonchev–Trinajstić information content (AvgIpc) is 1.23. The third-order valence-corrected chi connectivity index (χ3v) is 23.0. The Morgan fingerprint density at radius 3 is 1.56 bits per heavy atom. The molecule has 18 rings (SSSR count). The summed E-state index contributed by atoms with van der Waals surface area (Å²) in [5.41, 5.74) is 10.9. The van der Waals surface area contributed by atoms with Gasteiger partial charge in [0.2, 0.25) is 0 Å². The molecule has 6 nitrogen and oxygen atoms in total. The zero-order chi connectivity index (χ0) is 83.3. The van der Waals surface area contributed by atoms with Gasteiger partial charge in [0, 0.05) is 55.1 Å². The molecule has 0 radical (unpaired) electrons. The van der Waals surface area contributed by atoms with Crippen LogP contribution < -0.4 is 30.1 Å². The number of pyridine rings is 1. The van der Waals surface area contributed by atoms with E-state index in [1.807, 2.05) is 120 Å². The van der Waals surface area contributed by atoms with Crippen LogP contribution in [0.3, 0.4) is 0 Å². The maximum atomic E-state index is 11.2. The van der Waals surface area contributed by atoms with Crippen LogP contribution in [0.4, 0.5) is 0 Å². The number of hydrogen-bond acceptors (Lipinski definition) is 2. The number of imidazole rings is 1. The minimum absolute atomic E-state index is 0. The number of nitrogens with zero attached hydrogens (tertiary/aromatic N) is 5. The predicted octanol–water partition coefficient (Wildman–Crippen LogP) is 19.6. The molecule has 8 heteroatoms. The quantitative estimate of drug-likeness (QED) is 0.0593. The van der Waals surface area contributed by atoms with Crippen LogP contribution in [0.2, 0.25) is 0 Å². The summed E-state index contributed by atoms with van der Waals surface area (Å²) in [6.07, 6.45) is 5.69. The van der Waals surface area contributed by atoms with Gasteiger partial charge >= 0.3 is 0 Å². The maximum Gasteiger partial charge on any atom is 0.268 e. The van der Waals surface area contributed by atoms with Gasteiger partial charge in [-0.25, -0.2) is 4.98 Å². The number of benzene rings is 13. The summed E-state index contributed by atoms with van der Waals surface area (Å²) in [6.45, 7) is 13.0. The van der Waals surface area contributed by atoms with E-state index < -0.39 is 155 Å². The van der Waals surface area contributed by atoms with Crippen molar-refractivity contribution in [1.29, 1.82) is 0 Å². The van der Waals surface area contributed by atoms with Crippen LogP contribution in [0.5, 0.6) is 11.5 Å². The molecule has 0 bridgehead atoms. The molecule has 100 heavy (non-hydrogen) atoms. The summed E-state index contributed by atoms with van der Waals surface area (Å²) in [5, 5.41) is 0.0822. The van der Waals surface area contributed by atoms with E-state index in [9.17, 15) is 21.9 Å². The fraction of sp³-hybridized carbons (Fsp3) is 0.0870. The molecule has 5 heterocycles. The van der Waals surface area contributed by atoms with E-state index in [2.05, 4.69) is 124 Å². The minimum atomic E-state index is -6.31. The summed E-state index contributed by atoms with van der Waals surface area (Å²) >= 11 is 0. The normalized spacial score (nSPS) is 14.9. The van der Waals surface area contributed by atoms with Gasteiger partial charge in [0.05, 0.1) is 59.5 Å². The fourth-order valence-electron chi connectivity index (χ4n) is 14.3. The fourth-order valence-corrected chi connectivity index (χ4v) is 17.9. The van der Waals surface area contributed by atoms with Crippen LogP contribution in [0.15, 0.2) is 309 Å². The van der Waals surface area contributed by atoms with Crippen molar-refractivity contribution in [2.75, 3.05) is 0 Å². The molecule has 1 aliphatic rings. The first-order chi connectivity index (χ1) is 56.2. The molecule has 17 aromatic rings. The molecule has 0 aliphatic carbocycles. The summed E-state index contributed by atoms with van der Waals surface area (Å²) in [5.74, 6) is 1.25. The zero-order valence-corrected chi connectivity index (χ0v) is 58.2. The van der Waals surface area contributed by atoms with Crippen LogP contribution in [-0.4, -0.2) is 26.8 Å². The van der Waals surface area contributed by atoms with Gasteiger partial charge < -0.3 is 18.4 Å². The first kappa shape index (κ1) is 44.7. The van der Waals surface area contributed by atoms with Crippen molar-refractivity contribution < 1.29 is 56.4 Å². The molecule has 0 spiro atoms. The van der Waals surface area contributed by atoms with Gasteiger partial charge in [-0.05, 0) is 141 Å². The Labute approximate surface area is 625 Å². The number of ether oxygens (including phenoxy) is 1. The Morgan fingerprint density at radius 2 is 0.960 bits per heavy atom. The molecule has 0 saturated heterocycles. The number of fused-ring (bicyclic) bond motifs is 13. The Bertz CT molecular complexity index is 6980. The molecular formula is C92H69N5OPtSi-2. The Morgan fingerprint density at radius 1 is 0.430 bits per heavy atom. The summed E-state index contributed by atoms with van der Waals surface area (Å²) in [6, 6.07) is 48.8. The third kappa shape index (κ3) is 10.2. The minimum Gasteiger partial charge on any atom is -0.510 e. The first-order valence-electron chi connectivity index (χ1n) is 42.1. The van der Waals surface area contributed by atoms with Crippen LogP contribution >= 0.6 is 0 Å². The average molecular weight is 1500 g/mol. The van der Waals surface area contributed by atoms with E-state index in [1.54, 1.807) is 28.8 Å². The maximum absolute atomic E-state index is 11.2. The van der Waals surface area contributed by atoms with Gasteiger partial charge in [0.25, 0.3) is 6.33 Å². The van der Waals surface area contributed by atoms with Crippen molar-refractivity contribution in [3.05, 3.63) is 339 Å².